The molecule has 1 nitrogen and oxygen atoms in total. The summed E-state index contributed by atoms with van der Waals surface area (Å²) in [4.78, 5) is 0. The molecule has 0 saturated heterocycles. The molecule has 0 unspecified atom stereocenters. The van der Waals surface area contributed by atoms with Gasteiger partial charge in [-0.3, -0.25) is 0 Å². The lowest BCUT2D eigenvalue weighted by Crippen LogP contribution is -2.18. The number of rotatable bonds is 3. The number of nitrogen functional groups attached to an aromatic ring is 1. The molecule has 1 rings (SSSR count). The summed E-state index contributed by atoms with van der Waals surface area (Å²) < 4.78 is 0. The molecule has 0 aliphatic rings. The molecule has 1 heteroatoms. The molecule has 0 atom stereocenters. The normalized spacial score (nSPS) is 11.7. The predicted octanol–water partition coefficient (Wildman–Crippen LogP) is 3.52. The van der Waals surface area contributed by atoms with E-state index in [1.165, 1.54) is 11.1 Å². The van der Waals surface area contributed by atoms with Crippen LogP contribution in [0.3, 0.4) is 0 Å². The number of anilines is 1. The third-order valence-corrected chi connectivity index (χ3v) is 3.18. The molecule has 1 aromatic carbocycles. The van der Waals surface area contributed by atoms with Gasteiger partial charge in [0.25, 0.3) is 0 Å². The summed E-state index contributed by atoms with van der Waals surface area (Å²) in [6.07, 6.45) is 2.16. The summed E-state index contributed by atoms with van der Waals surface area (Å²) in [5.41, 5.74) is 9.88. The Morgan fingerprint density at radius 1 is 1.21 bits per heavy atom. The van der Waals surface area contributed by atoms with Gasteiger partial charge in [-0.25, -0.2) is 0 Å². The van der Waals surface area contributed by atoms with Gasteiger partial charge >= 0.3 is 0 Å². The molecule has 14 heavy (non-hydrogen) atoms. The molecular weight excluding hydrogens is 170 g/mol. The van der Waals surface area contributed by atoms with Crippen molar-refractivity contribution in [3.63, 3.8) is 0 Å². The minimum Gasteiger partial charge on any atom is -0.398 e. The maximum absolute atomic E-state index is 5.98. The SMILES string of the molecule is CCc1c(N)cccc1C(C)(C)CC. The van der Waals surface area contributed by atoms with Crippen molar-refractivity contribution in [2.75, 3.05) is 5.73 Å². The number of hydrogen-bond acceptors (Lipinski definition) is 1. The first-order chi connectivity index (χ1) is 6.53. The molecule has 0 radical (unpaired) electrons. The highest BCUT2D eigenvalue weighted by atomic mass is 14.6. The summed E-state index contributed by atoms with van der Waals surface area (Å²) in [7, 11) is 0. The molecule has 2 N–H and O–H groups in total. The Kier molecular flexibility index (Phi) is 3.20. The first kappa shape index (κ1) is 11.1. The van der Waals surface area contributed by atoms with Gasteiger partial charge in [0.15, 0.2) is 0 Å². The van der Waals surface area contributed by atoms with E-state index in [2.05, 4.69) is 39.8 Å². The molecule has 0 bridgehead atoms. The van der Waals surface area contributed by atoms with Gasteiger partial charge in [-0.1, -0.05) is 39.8 Å². The topological polar surface area (TPSA) is 26.0 Å². The predicted molar refractivity (Wildman–Crippen MR) is 63.5 cm³/mol. The van der Waals surface area contributed by atoms with Crippen molar-refractivity contribution in [2.45, 2.75) is 46.0 Å². The number of hydrogen-bond donors (Lipinski definition) is 1. The summed E-state index contributed by atoms with van der Waals surface area (Å²) in [6.45, 7) is 8.95. The molecule has 0 aliphatic heterocycles. The zero-order chi connectivity index (χ0) is 10.8. The Labute approximate surface area is 87.3 Å². The lowest BCUT2D eigenvalue weighted by molar-refractivity contribution is 0.502. The van der Waals surface area contributed by atoms with Crippen LogP contribution in [0.15, 0.2) is 18.2 Å². The molecule has 1 aromatic rings. The Morgan fingerprint density at radius 2 is 1.86 bits per heavy atom. The van der Waals surface area contributed by atoms with Crippen molar-refractivity contribution in [1.82, 2.24) is 0 Å². The summed E-state index contributed by atoms with van der Waals surface area (Å²) in [5, 5.41) is 0. The van der Waals surface area contributed by atoms with Crippen LogP contribution >= 0.6 is 0 Å². The lowest BCUT2D eigenvalue weighted by atomic mass is 9.79. The van der Waals surface area contributed by atoms with Crippen LogP contribution in [0.5, 0.6) is 0 Å². The third kappa shape index (κ3) is 1.92. The molecule has 0 heterocycles. The average molecular weight is 191 g/mol. The quantitative estimate of drug-likeness (QED) is 0.727. The highest BCUT2D eigenvalue weighted by Gasteiger charge is 2.21. The van der Waals surface area contributed by atoms with E-state index < -0.39 is 0 Å². The van der Waals surface area contributed by atoms with Crippen LogP contribution in [0.2, 0.25) is 0 Å². The maximum Gasteiger partial charge on any atom is 0.0349 e. The van der Waals surface area contributed by atoms with E-state index in [1.807, 2.05) is 6.07 Å². The van der Waals surface area contributed by atoms with Gasteiger partial charge < -0.3 is 5.73 Å². The zero-order valence-corrected chi connectivity index (χ0v) is 9.72. The van der Waals surface area contributed by atoms with Gasteiger partial charge in [-0.2, -0.15) is 0 Å². The van der Waals surface area contributed by atoms with Gasteiger partial charge in [0.05, 0.1) is 0 Å². The maximum atomic E-state index is 5.98. The van der Waals surface area contributed by atoms with Crippen molar-refractivity contribution in [3.05, 3.63) is 29.3 Å². The first-order valence-corrected chi connectivity index (χ1v) is 5.40. The van der Waals surface area contributed by atoms with Crippen LogP contribution in [0.25, 0.3) is 0 Å². The Hall–Kier alpha value is -0.980. The van der Waals surface area contributed by atoms with Crippen LogP contribution in [-0.4, -0.2) is 0 Å². The van der Waals surface area contributed by atoms with Crippen molar-refractivity contribution in [3.8, 4) is 0 Å². The number of nitrogens with two attached hydrogens (primary N) is 1. The monoisotopic (exact) mass is 191 g/mol. The molecule has 0 spiro atoms. The summed E-state index contributed by atoms with van der Waals surface area (Å²) in [6, 6.07) is 6.26. The Morgan fingerprint density at radius 3 is 2.36 bits per heavy atom. The zero-order valence-electron chi connectivity index (χ0n) is 9.72. The highest BCUT2D eigenvalue weighted by Crippen LogP contribution is 2.32. The molecule has 0 saturated carbocycles. The first-order valence-electron chi connectivity index (χ1n) is 5.40. The van der Waals surface area contributed by atoms with Crippen LogP contribution in [-0.2, 0) is 11.8 Å². The van der Waals surface area contributed by atoms with Crippen LogP contribution < -0.4 is 5.73 Å². The van der Waals surface area contributed by atoms with Gasteiger partial charge in [0.1, 0.15) is 0 Å². The van der Waals surface area contributed by atoms with Crippen LogP contribution in [0, 0.1) is 0 Å². The van der Waals surface area contributed by atoms with Gasteiger partial charge in [0, 0.05) is 5.69 Å². The van der Waals surface area contributed by atoms with E-state index in [1.54, 1.807) is 0 Å². The number of benzene rings is 1. The Bertz CT molecular complexity index is 313. The molecular formula is C13H21N. The average Bonchev–Trinajstić information content (AvgIpc) is 2.17. The molecule has 0 aromatic heterocycles. The van der Waals surface area contributed by atoms with Gasteiger partial charge in [-0.15, -0.1) is 0 Å². The third-order valence-electron chi connectivity index (χ3n) is 3.18. The fourth-order valence-corrected chi connectivity index (χ4v) is 1.82. The van der Waals surface area contributed by atoms with Crippen molar-refractivity contribution in [1.29, 1.82) is 0 Å². The van der Waals surface area contributed by atoms with Crippen LogP contribution in [0.4, 0.5) is 5.69 Å². The molecule has 0 fully saturated rings. The van der Waals surface area contributed by atoms with Crippen molar-refractivity contribution in [2.24, 2.45) is 0 Å². The fraction of sp³-hybridized carbons (Fsp3) is 0.538. The van der Waals surface area contributed by atoms with E-state index in [4.69, 9.17) is 5.73 Å². The molecule has 0 aliphatic carbocycles. The smallest absolute Gasteiger partial charge is 0.0349 e. The summed E-state index contributed by atoms with van der Waals surface area (Å²) >= 11 is 0. The Balaban J connectivity index is 3.27. The lowest BCUT2D eigenvalue weighted by Gasteiger charge is -2.27. The van der Waals surface area contributed by atoms with E-state index in [0.717, 1.165) is 18.5 Å². The fourth-order valence-electron chi connectivity index (χ4n) is 1.82. The standard InChI is InChI=1S/C13H21N/c1-5-10-11(13(3,4)6-2)8-7-9-12(10)14/h7-9H,5-6,14H2,1-4H3. The van der Waals surface area contributed by atoms with E-state index in [0.29, 0.717) is 0 Å². The largest absolute Gasteiger partial charge is 0.398 e. The van der Waals surface area contributed by atoms with Crippen molar-refractivity contribution >= 4 is 5.69 Å². The highest BCUT2D eigenvalue weighted by molar-refractivity contribution is 5.53. The second-order valence-corrected chi connectivity index (χ2v) is 4.46. The minimum absolute atomic E-state index is 0.237. The summed E-state index contributed by atoms with van der Waals surface area (Å²) in [5.74, 6) is 0. The van der Waals surface area contributed by atoms with Gasteiger partial charge in [0.2, 0.25) is 0 Å². The van der Waals surface area contributed by atoms with Gasteiger partial charge in [-0.05, 0) is 35.4 Å². The van der Waals surface area contributed by atoms with E-state index >= 15 is 0 Å². The van der Waals surface area contributed by atoms with E-state index in [9.17, 15) is 0 Å². The molecule has 0 amide bonds. The van der Waals surface area contributed by atoms with E-state index in [-0.39, 0.29) is 5.41 Å². The second kappa shape index (κ2) is 4.04. The molecule has 78 valence electrons. The second-order valence-electron chi connectivity index (χ2n) is 4.46. The minimum atomic E-state index is 0.237. The van der Waals surface area contributed by atoms with Crippen molar-refractivity contribution < 1.29 is 0 Å². The van der Waals surface area contributed by atoms with Crippen LogP contribution in [0.1, 0.15) is 45.2 Å².